The molecule has 2 heterocycles. The van der Waals surface area contributed by atoms with E-state index in [2.05, 4.69) is 21.9 Å². The van der Waals surface area contributed by atoms with Crippen molar-refractivity contribution in [1.29, 1.82) is 0 Å². The summed E-state index contributed by atoms with van der Waals surface area (Å²) in [6, 6.07) is 13.5. The van der Waals surface area contributed by atoms with Crippen LogP contribution < -0.4 is 11.1 Å². The molecule has 0 fully saturated rings. The van der Waals surface area contributed by atoms with Crippen LogP contribution in [-0.2, 0) is 0 Å². The van der Waals surface area contributed by atoms with E-state index in [1.807, 2.05) is 24.3 Å². The molecule has 0 saturated carbocycles. The van der Waals surface area contributed by atoms with E-state index in [0.29, 0.717) is 27.9 Å². The van der Waals surface area contributed by atoms with Crippen LogP contribution in [0.1, 0.15) is 20.7 Å². The van der Waals surface area contributed by atoms with Gasteiger partial charge in [0.1, 0.15) is 16.9 Å². The first-order chi connectivity index (χ1) is 14.0. The highest BCUT2D eigenvalue weighted by Gasteiger charge is 2.24. The van der Waals surface area contributed by atoms with Crippen LogP contribution in [0.15, 0.2) is 61.2 Å². The number of carboxylic acid groups (broad SMARTS) is 1. The van der Waals surface area contributed by atoms with E-state index >= 15 is 0 Å². The van der Waals surface area contributed by atoms with Crippen molar-refractivity contribution in [1.82, 2.24) is 19.9 Å². The van der Waals surface area contributed by atoms with Gasteiger partial charge >= 0.3 is 5.97 Å². The Kier molecular flexibility index (Phi) is 4.44. The highest BCUT2D eigenvalue weighted by Crippen LogP contribution is 2.31. The molecule has 0 aliphatic heterocycles. The number of hydrogen-bond donors (Lipinski definition) is 3. The molecule has 4 N–H and O–H groups in total. The molecule has 144 valence electrons. The maximum absolute atomic E-state index is 12.8. The second kappa shape index (κ2) is 7.08. The summed E-state index contributed by atoms with van der Waals surface area (Å²) in [6.07, 6.45) is 1.57. The molecule has 0 radical (unpaired) electrons. The number of nitrogens with two attached hydrogens (primary N) is 1. The van der Waals surface area contributed by atoms with Crippen molar-refractivity contribution in [2.24, 2.45) is 0 Å². The van der Waals surface area contributed by atoms with Gasteiger partial charge in [-0.1, -0.05) is 18.2 Å². The van der Waals surface area contributed by atoms with Gasteiger partial charge in [-0.15, -0.1) is 6.58 Å². The monoisotopic (exact) mass is 387 g/mol. The Labute approximate surface area is 165 Å². The molecule has 8 heteroatoms. The van der Waals surface area contributed by atoms with Crippen LogP contribution in [0, 0.1) is 0 Å². The number of rotatable bonds is 5. The number of carbonyl (C=O) groups excluding carboxylic acids is 1. The van der Waals surface area contributed by atoms with E-state index < -0.39 is 11.9 Å². The predicted octanol–water partition coefficient (Wildman–Crippen LogP) is 2.77. The zero-order valence-electron chi connectivity index (χ0n) is 15.3. The van der Waals surface area contributed by atoms with Crippen molar-refractivity contribution in [3.05, 3.63) is 72.3 Å². The van der Waals surface area contributed by atoms with Gasteiger partial charge in [0.15, 0.2) is 5.65 Å². The third-order valence-corrected chi connectivity index (χ3v) is 4.50. The van der Waals surface area contributed by atoms with Gasteiger partial charge in [0.2, 0.25) is 0 Å². The maximum atomic E-state index is 12.8. The smallest absolute Gasteiger partial charge is 0.335 e. The van der Waals surface area contributed by atoms with Crippen molar-refractivity contribution >= 4 is 39.9 Å². The number of para-hydroxylation sites is 2. The van der Waals surface area contributed by atoms with Crippen molar-refractivity contribution in [2.75, 3.05) is 12.3 Å². The van der Waals surface area contributed by atoms with Crippen LogP contribution in [0.25, 0.3) is 27.9 Å². The van der Waals surface area contributed by atoms with Crippen LogP contribution in [0.3, 0.4) is 0 Å². The second-order valence-electron chi connectivity index (χ2n) is 6.33. The lowest BCUT2D eigenvalue weighted by atomic mass is 10.2. The molecule has 0 spiro atoms. The van der Waals surface area contributed by atoms with Crippen molar-refractivity contribution in [3.8, 4) is 5.69 Å². The quantitative estimate of drug-likeness (QED) is 0.453. The minimum atomic E-state index is -1.03. The van der Waals surface area contributed by atoms with Crippen molar-refractivity contribution in [3.63, 3.8) is 0 Å². The van der Waals surface area contributed by atoms with Crippen molar-refractivity contribution in [2.45, 2.75) is 0 Å². The topological polar surface area (TPSA) is 123 Å². The SMILES string of the molecule is C=CCNC(=O)c1c(N)n(-c2ccc(C(=O)O)cc2)c2nc3ccccc3nc12. The number of nitrogens with zero attached hydrogens (tertiary/aromatic N) is 3. The first-order valence-electron chi connectivity index (χ1n) is 8.80. The van der Waals surface area contributed by atoms with Gasteiger partial charge in [0, 0.05) is 12.2 Å². The molecular weight excluding hydrogens is 370 g/mol. The number of nitrogens with one attached hydrogen (secondary N) is 1. The average Bonchev–Trinajstić information content (AvgIpc) is 3.01. The summed E-state index contributed by atoms with van der Waals surface area (Å²) in [5, 5.41) is 11.9. The van der Waals surface area contributed by atoms with Gasteiger partial charge in [-0.05, 0) is 36.4 Å². The fourth-order valence-corrected chi connectivity index (χ4v) is 3.15. The lowest BCUT2D eigenvalue weighted by Gasteiger charge is -2.08. The van der Waals surface area contributed by atoms with E-state index in [1.165, 1.54) is 12.1 Å². The minimum absolute atomic E-state index is 0.143. The van der Waals surface area contributed by atoms with E-state index in [9.17, 15) is 9.59 Å². The van der Waals surface area contributed by atoms with Gasteiger partial charge in [-0.3, -0.25) is 9.36 Å². The Balaban J connectivity index is 2.01. The number of aromatic nitrogens is 3. The molecule has 0 atom stereocenters. The third-order valence-electron chi connectivity index (χ3n) is 4.50. The Morgan fingerprint density at radius 3 is 2.38 bits per heavy atom. The van der Waals surface area contributed by atoms with E-state index in [0.717, 1.165) is 0 Å². The number of amides is 1. The highest BCUT2D eigenvalue weighted by molar-refractivity contribution is 6.11. The molecule has 8 nitrogen and oxygen atoms in total. The summed E-state index contributed by atoms with van der Waals surface area (Å²) < 4.78 is 1.60. The van der Waals surface area contributed by atoms with Gasteiger partial charge in [0.25, 0.3) is 5.91 Å². The summed E-state index contributed by atoms with van der Waals surface area (Å²) in [6.45, 7) is 3.88. The molecule has 0 bridgehead atoms. The maximum Gasteiger partial charge on any atom is 0.335 e. The highest BCUT2D eigenvalue weighted by atomic mass is 16.4. The van der Waals surface area contributed by atoms with E-state index in [1.54, 1.807) is 22.8 Å². The van der Waals surface area contributed by atoms with Crippen LogP contribution in [-0.4, -0.2) is 38.1 Å². The second-order valence-corrected chi connectivity index (χ2v) is 6.33. The summed E-state index contributed by atoms with van der Waals surface area (Å²) >= 11 is 0. The first-order valence-corrected chi connectivity index (χ1v) is 8.80. The zero-order chi connectivity index (χ0) is 20.5. The number of hydrogen-bond acceptors (Lipinski definition) is 5. The molecular formula is C21H17N5O3. The van der Waals surface area contributed by atoms with Crippen LogP contribution >= 0.6 is 0 Å². The van der Waals surface area contributed by atoms with Gasteiger partial charge in [0.05, 0.1) is 16.6 Å². The number of fused-ring (bicyclic) bond motifs is 2. The summed E-state index contributed by atoms with van der Waals surface area (Å²) in [7, 11) is 0. The fraction of sp³-hybridized carbons (Fsp3) is 0.0476. The number of carbonyl (C=O) groups is 2. The normalized spacial score (nSPS) is 10.9. The Morgan fingerprint density at radius 2 is 1.76 bits per heavy atom. The van der Waals surface area contributed by atoms with Gasteiger partial charge in [-0.2, -0.15) is 0 Å². The number of anilines is 1. The molecule has 4 aromatic rings. The van der Waals surface area contributed by atoms with E-state index in [-0.39, 0.29) is 23.5 Å². The lowest BCUT2D eigenvalue weighted by molar-refractivity contribution is 0.0696. The van der Waals surface area contributed by atoms with Crippen molar-refractivity contribution < 1.29 is 14.7 Å². The predicted molar refractivity (Wildman–Crippen MR) is 110 cm³/mol. The molecule has 2 aromatic carbocycles. The molecule has 0 unspecified atom stereocenters. The Hall–Kier alpha value is -4.20. The zero-order valence-corrected chi connectivity index (χ0v) is 15.3. The first kappa shape index (κ1) is 18.2. The molecule has 29 heavy (non-hydrogen) atoms. The number of benzene rings is 2. The number of nitrogen functional groups attached to an aromatic ring is 1. The van der Waals surface area contributed by atoms with Crippen LogP contribution in [0.5, 0.6) is 0 Å². The Bertz CT molecular complexity index is 1280. The Morgan fingerprint density at radius 1 is 1.10 bits per heavy atom. The number of aromatic carboxylic acids is 1. The summed E-state index contributed by atoms with van der Waals surface area (Å²) in [4.78, 5) is 33.2. The molecule has 0 aliphatic rings. The average molecular weight is 387 g/mol. The van der Waals surface area contributed by atoms with Crippen LogP contribution in [0.4, 0.5) is 5.82 Å². The largest absolute Gasteiger partial charge is 0.478 e. The summed E-state index contributed by atoms with van der Waals surface area (Å²) in [5.74, 6) is -1.25. The third kappa shape index (κ3) is 3.06. The molecule has 2 aromatic heterocycles. The summed E-state index contributed by atoms with van der Waals surface area (Å²) in [5.41, 5.74) is 9.35. The minimum Gasteiger partial charge on any atom is -0.478 e. The molecule has 0 saturated heterocycles. The van der Waals surface area contributed by atoms with Gasteiger partial charge < -0.3 is 16.2 Å². The lowest BCUT2D eigenvalue weighted by Crippen LogP contribution is -2.24. The molecule has 4 rings (SSSR count). The fourth-order valence-electron chi connectivity index (χ4n) is 3.15. The van der Waals surface area contributed by atoms with Gasteiger partial charge in [-0.25, -0.2) is 14.8 Å². The molecule has 0 aliphatic carbocycles. The van der Waals surface area contributed by atoms with E-state index in [4.69, 9.17) is 10.8 Å². The standard InChI is InChI=1S/C21H17N5O3/c1-2-11-23-20(27)16-17-19(25-15-6-4-3-5-14(15)24-17)26(18(16)22)13-9-7-12(8-10-13)21(28)29/h2-10H,1,11,22H2,(H,23,27)(H,28,29). The molecule has 1 amide bonds. The number of carboxylic acids is 1. The van der Waals surface area contributed by atoms with Crippen LogP contribution in [0.2, 0.25) is 0 Å².